The van der Waals surface area contributed by atoms with E-state index in [1.807, 2.05) is 0 Å². The third kappa shape index (κ3) is 6.43. The van der Waals surface area contributed by atoms with Crippen LogP contribution < -0.4 is 4.72 Å². The van der Waals surface area contributed by atoms with E-state index in [2.05, 4.69) is 25.4 Å². The molecule has 0 spiro atoms. The Hall–Kier alpha value is -1.42. The molecule has 0 bridgehead atoms. The van der Waals surface area contributed by atoms with Gasteiger partial charge >= 0.3 is 6.18 Å². The fraction of sp³-hybridized carbons (Fsp3) is 0.250. The van der Waals surface area contributed by atoms with Crippen LogP contribution in [0.1, 0.15) is 11.1 Å². The first kappa shape index (κ1) is 19.9. The Morgan fingerprint density at radius 2 is 1.60 bits per heavy atom. The zero-order chi connectivity index (χ0) is 18.5. The summed E-state index contributed by atoms with van der Waals surface area (Å²) in [6.45, 7) is -1.41. The van der Waals surface area contributed by atoms with Crippen LogP contribution in [0.5, 0.6) is 0 Å². The predicted octanol–water partition coefficient (Wildman–Crippen LogP) is 4.01. The van der Waals surface area contributed by atoms with Gasteiger partial charge in [-0.1, -0.05) is 36.4 Å². The molecule has 0 unspecified atom stereocenters. The van der Waals surface area contributed by atoms with Gasteiger partial charge in [0.1, 0.15) is 6.61 Å². The summed E-state index contributed by atoms with van der Waals surface area (Å²) in [6, 6.07) is 12.9. The maximum absolute atomic E-state index is 12.3. The molecule has 2 rings (SSSR count). The minimum absolute atomic E-state index is 0.0629. The maximum Gasteiger partial charge on any atom is 0.411 e. The van der Waals surface area contributed by atoms with E-state index in [-0.39, 0.29) is 18.0 Å². The molecule has 0 atom stereocenters. The molecule has 0 fully saturated rings. The summed E-state index contributed by atoms with van der Waals surface area (Å²) in [4.78, 5) is 0.132. The van der Waals surface area contributed by atoms with Crippen molar-refractivity contribution in [3.05, 3.63) is 64.1 Å². The standard InChI is InChI=1S/C16H15BrF3NO3S/c17-14-3-1-2-4-15(14)25(22,23)21-9-12-5-7-13(8-6-12)10-24-11-16(18,19)20/h1-8,21H,9-11H2. The second-order valence-corrected chi connectivity index (χ2v) is 7.77. The number of hydrogen-bond donors (Lipinski definition) is 1. The first-order valence-electron chi connectivity index (χ1n) is 7.14. The monoisotopic (exact) mass is 437 g/mol. The molecule has 0 saturated carbocycles. The summed E-state index contributed by atoms with van der Waals surface area (Å²) in [5.41, 5.74) is 1.25. The number of alkyl halides is 3. The van der Waals surface area contributed by atoms with E-state index >= 15 is 0 Å². The zero-order valence-corrected chi connectivity index (χ0v) is 15.3. The van der Waals surface area contributed by atoms with Crippen molar-refractivity contribution in [1.29, 1.82) is 0 Å². The Morgan fingerprint density at radius 3 is 2.20 bits per heavy atom. The number of halogens is 4. The molecule has 0 amide bonds. The highest BCUT2D eigenvalue weighted by Gasteiger charge is 2.27. The summed E-state index contributed by atoms with van der Waals surface area (Å²) >= 11 is 3.19. The average Bonchev–Trinajstić information content (AvgIpc) is 2.53. The molecule has 0 radical (unpaired) electrons. The van der Waals surface area contributed by atoms with E-state index in [1.54, 1.807) is 42.5 Å². The van der Waals surface area contributed by atoms with Gasteiger partial charge in [-0.2, -0.15) is 13.2 Å². The van der Waals surface area contributed by atoms with E-state index in [4.69, 9.17) is 0 Å². The lowest BCUT2D eigenvalue weighted by molar-refractivity contribution is -0.176. The van der Waals surface area contributed by atoms with E-state index < -0.39 is 22.8 Å². The molecule has 0 aliphatic heterocycles. The van der Waals surface area contributed by atoms with Crippen molar-refractivity contribution < 1.29 is 26.3 Å². The fourth-order valence-corrected chi connectivity index (χ4v) is 3.98. The molecule has 25 heavy (non-hydrogen) atoms. The molecule has 9 heteroatoms. The molecule has 1 N–H and O–H groups in total. The van der Waals surface area contributed by atoms with E-state index in [0.29, 0.717) is 15.6 Å². The summed E-state index contributed by atoms with van der Waals surface area (Å²) in [5.74, 6) is 0. The Bertz CT molecular complexity index is 808. The van der Waals surface area contributed by atoms with Crippen molar-refractivity contribution in [1.82, 2.24) is 4.72 Å². The second-order valence-electron chi connectivity index (χ2n) is 5.18. The molecular weight excluding hydrogens is 423 g/mol. The summed E-state index contributed by atoms with van der Waals surface area (Å²) in [7, 11) is -3.68. The number of benzene rings is 2. The van der Waals surface area contributed by atoms with Gasteiger partial charge in [-0.25, -0.2) is 13.1 Å². The van der Waals surface area contributed by atoms with Crippen molar-refractivity contribution in [2.24, 2.45) is 0 Å². The third-order valence-corrected chi connectivity index (χ3v) is 5.56. The molecule has 0 aromatic heterocycles. The number of nitrogens with one attached hydrogen (secondary N) is 1. The van der Waals surface area contributed by atoms with Gasteiger partial charge in [0, 0.05) is 11.0 Å². The van der Waals surface area contributed by atoms with E-state index in [9.17, 15) is 21.6 Å². The van der Waals surface area contributed by atoms with Gasteiger partial charge in [-0.05, 0) is 39.2 Å². The Balaban J connectivity index is 1.92. The summed E-state index contributed by atoms with van der Waals surface area (Å²) in [5, 5.41) is 0. The largest absolute Gasteiger partial charge is 0.411 e. The number of sulfonamides is 1. The van der Waals surface area contributed by atoms with Crippen LogP contribution in [0, 0.1) is 0 Å². The molecule has 136 valence electrons. The highest BCUT2D eigenvalue weighted by Crippen LogP contribution is 2.21. The molecule has 0 aliphatic rings. The zero-order valence-electron chi connectivity index (χ0n) is 12.9. The highest BCUT2D eigenvalue weighted by atomic mass is 79.9. The minimum Gasteiger partial charge on any atom is -0.367 e. The Kier molecular flexibility index (Phi) is 6.61. The quantitative estimate of drug-likeness (QED) is 0.711. The lowest BCUT2D eigenvalue weighted by Gasteiger charge is -2.10. The molecule has 0 saturated heterocycles. The predicted molar refractivity (Wildman–Crippen MR) is 90.3 cm³/mol. The number of hydrogen-bond acceptors (Lipinski definition) is 3. The van der Waals surface area contributed by atoms with Gasteiger partial charge in [0.15, 0.2) is 0 Å². The van der Waals surface area contributed by atoms with Gasteiger partial charge < -0.3 is 4.74 Å². The van der Waals surface area contributed by atoms with Crippen molar-refractivity contribution in [2.45, 2.75) is 24.2 Å². The van der Waals surface area contributed by atoms with Crippen LogP contribution in [0.15, 0.2) is 57.9 Å². The van der Waals surface area contributed by atoms with Gasteiger partial charge in [0.2, 0.25) is 10.0 Å². The lowest BCUT2D eigenvalue weighted by Crippen LogP contribution is -2.23. The average molecular weight is 438 g/mol. The van der Waals surface area contributed by atoms with Crippen LogP contribution in [-0.4, -0.2) is 21.2 Å². The summed E-state index contributed by atoms with van der Waals surface area (Å²) < 4.78 is 68.1. The Labute approximate surface area is 152 Å². The first-order chi connectivity index (χ1) is 11.7. The number of ether oxygens (including phenoxy) is 1. The van der Waals surface area contributed by atoms with Gasteiger partial charge in [-0.15, -0.1) is 0 Å². The minimum atomic E-state index is -4.36. The van der Waals surface area contributed by atoms with Crippen molar-refractivity contribution in [2.75, 3.05) is 6.61 Å². The van der Waals surface area contributed by atoms with Crippen molar-refractivity contribution in [3.8, 4) is 0 Å². The molecule has 2 aromatic rings. The topological polar surface area (TPSA) is 55.4 Å². The molecule has 0 aliphatic carbocycles. The summed E-state index contributed by atoms with van der Waals surface area (Å²) in [6.07, 6.45) is -4.36. The van der Waals surface area contributed by atoms with Crippen LogP contribution >= 0.6 is 15.9 Å². The van der Waals surface area contributed by atoms with Crippen molar-refractivity contribution in [3.63, 3.8) is 0 Å². The molecular formula is C16H15BrF3NO3S. The smallest absolute Gasteiger partial charge is 0.367 e. The van der Waals surface area contributed by atoms with E-state index in [0.717, 1.165) is 0 Å². The highest BCUT2D eigenvalue weighted by molar-refractivity contribution is 9.10. The van der Waals surface area contributed by atoms with Gasteiger partial charge in [0.25, 0.3) is 0 Å². The molecule has 0 heterocycles. The van der Waals surface area contributed by atoms with Gasteiger partial charge in [0.05, 0.1) is 11.5 Å². The van der Waals surface area contributed by atoms with Crippen LogP contribution in [0.2, 0.25) is 0 Å². The maximum atomic E-state index is 12.3. The van der Waals surface area contributed by atoms with Crippen LogP contribution in [0.25, 0.3) is 0 Å². The van der Waals surface area contributed by atoms with Crippen LogP contribution in [0.4, 0.5) is 13.2 Å². The van der Waals surface area contributed by atoms with Crippen molar-refractivity contribution >= 4 is 26.0 Å². The second kappa shape index (κ2) is 8.31. The Morgan fingerprint density at radius 1 is 1.00 bits per heavy atom. The van der Waals surface area contributed by atoms with E-state index in [1.165, 1.54) is 6.07 Å². The van der Waals surface area contributed by atoms with Gasteiger partial charge in [-0.3, -0.25) is 0 Å². The number of rotatable bonds is 7. The van der Waals surface area contributed by atoms with Crippen LogP contribution in [-0.2, 0) is 27.9 Å². The third-order valence-electron chi connectivity index (χ3n) is 3.15. The first-order valence-corrected chi connectivity index (χ1v) is 9.41. The lowest BCUT2D eigenvalue weighted by atomic mass is 10.1. The normalized spacial score (nSPS) is 12.3. The SMILES string of the molecule is O=S(=O)(NCc1ccc(COCC(F)(F)F)cc1)c1ccccc1Br. The molecule has 2 aromatic carbocycles. The molecule has 4 nitrogen and oxygen atoms in total. The van der Waals surface area contributed by atoms with Crippen LogP contribution in [0.3, 0.4) is 0 Å². The fourth-order valence-electron chi connectivity index (χ4n) is 1.96.